The standard InChI is InChI=1S/C10H18O4.K.Li.2H/c1-4-5-6-7(2)10(3,8(11)12)9(13)14;;;;/h7H,4-6H2,1-3H3,(H,11,12)(H,13,14);;;;. The molecule has 0 aliphatic heterocycles. The molecular weight excluding hydrogens is 230 g/mol. The summed E-state index contributed by atoms with van der Waals surface area (Å²) in [6.45, 7) is 4.95. The Morgan fingerprint density at radius 1 is 1.25 bits per heavy atom. The molecule has 0 fully saturated rings. The van der Waals surface area contributed by atoms with Crippen molar-refractivity contribution in [2.24, 2.45) is 11.3 Å². The number of carboxylic acids is 2. The van der Waals surface area contributed by atoms with Crippen LogP contribution in [0.4, 0.5) is 0 Å². The number of unbranched alkanes of at least 4 members (excludes halogenated alkanes) is 1. The van der Waals surface area contributed by atoms with E-state index in [1.807, 2.05) is 6.92 Å². The van der Waals surface area contributed by atoms with Crippen molar-refractivity contribution in [1.82, 2.24) is 0 Å². The van der Waals surface area contributed by atoms with Crippen LogP contribution < -0.4 is 0 Å². The first-order chi connectivity index (χ1) is 6.37. The second-order valence-electron chi connectivity index (χ2n) is 3.86. The van der Waals surface area contributed by atoms with Gasteiger partial charge in [-0.25, -0.2) is 0 Å². The molecule has 0 saturated heterocycles. The minimum absolute atomic E-state index is 0. The number of rotatable bonds is 6. The molecule has 2 N–H and O–H groups in total. The van der Waals surface area contributed by atoms with E-state index in [4.69, 9.17) is 10.2 Å². The van der Waals surface area contributed by atoms with E-state index in [1.54, 1.807) is 6.92 Å². The zero-order chi connectivity index (χ0) is 11.4. The molecule has 86 valence electrons. The molecule has 0 aromatic rings. The summed E-state index contributed by atoms with van der Waals surface area (Å²) in [5, 5.41) is 17.8. The SMILES string of the molecule is CCCCC(C)C(C)(C(=O)O)C(=O)O.[KH].[LiH]. The van der Waals surface area contributed by atoms with Crippen LogP contribution in [0, 0.1) is 11.3 Å². The third-order valence-corrected chi connectivity index (χ3v) is 2.86. The summed E-state index contributed by atoms with van der Waals surface area (Å²) in [7, 11) is 0. The summed E-state index contributed by atoms with van der Waals surface area (Å²) >= 11 is 0. The number of carboxylic acid groups (broad SMARTS) is 2. The van der Waals surface area contributed by atoms with Crippen molar-refractivity contribution in [3.63, 3.8) is 0 Å². The molecule has 0 aliphatic carbocycles. The van der Waals surface area contributed by atoms with Crippen molar-refractivity contribution in [2.75, 3.05) is 0 Å². The van der Waals surface area contributed by atoms with E-state index in [1.165, 1.54) is 6.92 Å². The molecule has 0 spiro atoms. The summed E-state index contributed by atoms with van der Waals surface area (Å²) in [5.74, 6) is -2.86. The van der Waals surface area contributed by atoms with Gasteiger partial charge < -0.3 is 10.2 Å². The van der Waals surface area contributed by atoms with Crippen LogP contribution in [0.1, 0.15) is 40.0 Å². The first kappa shape index (κ1) is 22.4. The molecule has 0 heterocycles. The van der Waals surface area contributed by atoms with Crippen LogP contribution in [0.5, 0.6) is 0 Å². The fourth-order valence-corrected chi connectivity index (χ4v) is 1.31. The maximum atomic E-state index is 10.9. The predicted octanol–water partition coefficient (Wildman–Crippen LogP) is 0.691. The van der Waals surface area contributed by atoms with Crippen LogP contribution >= 0.6 is 0 Å². The molecule has 0 amide bonds. The fourth-order valence-electron chi connectivity index (χ4n) is 1.31. The molecule has 1 unspecified atom stereocenters. The summed E-state index contributed by atoms with van der Waals surface area (Å²) in [6, 6.07) is 0. The summed E-state index contributed by atoms with van der Waals surface area (Å²) in [5.41, 5.74) is -1.66. The quantitative estimate of drug-likeness (QED) is 0.537. The van der Waals surface area contributed by atoms with Crippen molar-refractivity contribution >= 4 is 82.2 Å². The van der Waals surface area contributed by atoms with Crippen molar-refractivity contribution in [3.8, 4) is 0 Å². The Morgan fingerprint density at radius 2 is 1.62 bits per heavy atom. The van der Waals surface area contributed by atoms with E-state index in [2.05, 4.69) is 0 Å². The van der Waals surface area contributed by atoms with Gasteiger partial charge in [0.2, 0.25) is 0 Å². The van der Waals surface area contributed by atoms with Gasteiger partial charge in [0.15, 0.2) is 5.41 Å². The molecule has 6 heteroatoms. The minimum atomic E-state index is -1.66. The first-order valence-corrected chi connectivity index (χ1v) is 4.84. The van der Waals surface area contributed by atoms with Gasteiger partial charge in [-0.3, -0.25) is 9.59 Å². The van der Waals surface area contributed by atoms with Gasteiger partial charge in [-0.1, -0.05) is 26.7 Å². The number of carbonyl (C=O) groups is 2. The van der Waals surface area contributed by atoms with Crippen molar-refractivity contribution in [3.05, 3.63) is 0 Å². The van der Waals surface area contributed by atoms with Gasteiger partial charge in [0.25, 0.3) is 0 Å². The van der Waals surface area contributed by atoms with Gasteiger partial charge in [0.1, 0.15) is 0 Å². The molecule has 0 aromatic heterocycles. The second kappa shape index (κ2) is 10.1. The van der Waals surface area contributed by atoms with Gasteiger partial charge >= 0.3 is 82.2 Å². The van der Waals surface area contributed by atoms with Crippen molar-refractivity contribution in [1.29, 1.82) is 0 Å². The first-order valence-electron chi connectivity index (χ1n) is 4.84. The summed E-state index contributed by atoms with van der Waals surface area (Å²) in [6.07, 6.45) is 2.43. The topological polar surface area (TPSA) is 74.6 Å². The van der Waals surface area contributed by atoms with Gasteiger partial charge in [-0.2, -0.15) is 0 Å². The molecule has 0 rings (SSSR count). The number of hydrogen-bond donors (Lipinski definition) is 2. The van der Waals surface area contributed by atoms with Crippen LogP contribution in [0.2, 0.25) is 0 Å². The third-order valence-electron chi connectivity index (χ3n) is 2.86. The molecule has 0 bridgehead atoms. The van der Waals surface area contributed by atoms with Crippen LogP contribution in [0.15, 0.2) is 0 Å². The van der Waals surface area contributed by atoms with Crippen LogP contribution in [-0.4, -0.2) is 92.4 Å². The molecule has 4 nitrogen and oxygen atoms in total. The van der Waals surface area contributed by atoms with E-state index in [-0.39, 0.29) is 76.2 Å². The van der Waals surface area contributed by atoms with Crippen molar-refractivity contribution < 1.29 is 19.8 Å². The van der Waals surface area contributed by atoms with Gasteiger partial charge in [-0.15, -0.1) is 0 Å². The summed E-state index contributed by atoms with van der Waals surface area (Å²) < 4.78 is 0. The molecule has 0 aliphatic rings. The van der Waals surface area contributed by atoms with E-state index in [0.717, 1.165) is 12.8 Å². The van der Waals surface area contributed by atoms with Gasteiger partial charge in [0, 0.05) is 0 Å². The molecule has 16 heavy (non-hydrogen) atoms. The molecule has 0 aromatic carbocycles. The summed E-state index contributed by atoms with van der Waals surface area (Å²) in [4.78, 5) is 21.8. The second-order valence-corrected chi connectivity index (χ2v) is 3.86. The molecule has 0 saturated carbocycles. The van der Waals surface area contributed by atoms with Gasteiger partial charge in [0.05, 0.1) is 0 Å². The Morgan fingerprint density at radius 3 is 1.88 bits per heavy atom. The Kier molecular flexibility index (Phi) is 14.2. The van der Waals surface area contributed by atoms with E-state index < -0.39 is 17.4 Å². The molecule has 0 radical (unpaired) electrons. The average molecular weight is 250 g/mol. The predicted molar refractivity (Wildman–Crippen MR) is 66.4 cm³/mol. The third kappa shape index (κ3) is 5.68. The monoisotopic (exact) mass is 250 g/mol. The zero-order valence-corrected chi connectivity index (χ0v) is 8.91. The molecule has 1 atom stereocenters. The van der Waals surface area contributed by atoms with Crippen LogP contribution in [0.3, 0.4) is 0 Å². The Bertz CT molecular complexity index is 219. The number of hydrogen-bond acceptors (Lipinski definition) is 2. The maximum absolute atomic E-state index is 10.9. The van der Waals surface area contributed by atoms with Crippen molar-refractivity contribution in [2.45, 2.75) is 40.0 Å². The van der Waals surface area contributed by atoms with E-state index in [0.29, 0.717) is 6.42 Å². The van der Waals surface area contributed by atoms with Crippen LogP contribution in [0.25, 0.3) is 0 Å². The Labute approximate surface area is 151 Å². The van der Waals surface area contributed by atoms with E-state index >= 15 is 0 Å². The fraction of sp³-hybridized carbons (Fsp3) is 0.800. The number of aliphatic carboxylic acids is 2. The Hall–Kier alpha value is 1.17. The van der Waals surface area contributed by atoms with Gasteiger partial charge in [-0.05, 0) is 19.3 Å². The zero-order valence-electron chi connectivity index (χ0n) is 8.91. The van der Waals surface area contributed by atoms with Crippen LogP contribution in [-0.2, 0) is 9.59 Å². The van der Waals surface area contributed by atoms with E-state index in [9.17, 15) is 9.59 Å². The Balaban J connectivity index is -0.000000845. The molecular formula is C10H20KLiO4. The normalized spacial score (nSPS) is 11.9. The average Bonchev–Trinajstić information content (AvgIpc) is 2.11.